The summed E-state index contributed by atoms with van der Waals surface area (Å²) in [5.41, 5.74) is 1.10. The molecule has 1 fully saturated rings. The normalized spacial score (nSPS) is 17.2. The van der Waals surface area contributed by atoms with Gasteiger partial charge in [0, 0.05) is 12.8 Å². The molecule has 1 aliphatic heterocycles. The minimum Gasteiger partial charge on any atom is -0.465 e. The SMILES string of the molecule is COC(=O)c1ccc(C(O)C#CCCCC2(C)OCCO2)cc1. The van der Waals surface area contributed by atoms with Gasteiger partial charge in [0.05, 0.1) is 25.9 Å². The molecule has 1 atom stereocenters. The molecule has 1 aliphatic rings. The number of aliphatic hydroxyl groups excluding tert-OH is 1. The van der Waals surface area contributed by atoms with Crippen molar-refractivity contribution in [3.63, 3.8) is 0 Å². The zero-order valence-corrected chi connectivity index (χ0v) is 13.5. The summed E-state index contributed by atoms with van der Waals surface area (Å²) in [6.07, 6.45) is 1.43. The average molecular weight is 318 g/mol. The van der Waals surface area contributed by atoms with Crippen LogP contribution in [0.3, 0.4) is 0 Å². The van der Waals surface area contributed by atoms with Crippen LogP contribution >= 0.6 is 0 Å². The number of benzene rings is 1. The number of ether oxygens (including phenoxy) is 3. The molecule has 0 aliphatic carbocycles. The minimum absolute atomic E-state index is 0.401. The monoisotopic (exact) mass is 318 g/mol. The second-order valence-corrected chi connectivity index (χ2v) is 5.52. The number of carbonyl (C=O) groups is 1. The fraction of sp³-hybridized carbons (Fsp3) is 0.500. The fourth-order valence-corrected chi connectivity index (χ4v) is 2.37. The maximum Gasteiger partial charge on any atom is 0.337 e. The first kappa shape index (κ1) is 17.5. The summed E-state index contributed by atoms with van der Waals surface area (Å²) in [7, 11) is 1.33. The Balaban J connectivity index is 1.80. The van der Waals surface area contributed by atoms with E-state index in [0.717, 1.165) is 12.8 Å². The summed E-state index contributed by atoms with van der Waals surface area (Å²) in [4.78, 5) is 11.3. The van der Waals surface area contributed by atoms with Crippen molar-refractivity contribution in [2.75, 3.05) is 20.3 Å². The summed E-state index contributed by atoms with van der Waals surface area (Å²) >= 11 is 0. The number of esters is 1. The van der Waals surface area contributed by atoms with Gasteiger partial charge in [0.25, 0.3) is 0 Å². The highest BCUT2D eigenvalue weighted by Gasteiger charge is 2.29. The smallest absolute Gasteiger partial charge is 0.337 e. The maximum absolute atomic E-state index is 11.3. The maximum atomic E-state index is 11.3. The number of hydrogen-bond acceptors (Lipinski definition) is 5. The van der Waals surface area contributed by atoms with Gasteiger partial charge in [0.1, 0.15) is 6.10 Å². The molecule has 0 bridgehead atoms. The highest BCUT2D eigenvalue weighted by Crippen LogP contribution is 2.24. The van der Waals surface area contributed by atoms with Crippen LogP contribution in [0.1, 0.15) is 48.2 Å². The van der Waals surface area contributed by atoms with Gasteiger partial charge in [-0.2, -0.15) is 0 Å². The zero-order valence-electron chi connectivity index (χ0n) is 13.5. The Hall–Kier alpha value is -1.87. The third kappa shape index (κ3) is 5.07. The van der Waals surface area contributed by atoms with E-state index in [9.17, 15) is 9.90 Å². The van der Waals surface area contributed by atoms with Gasteiger partial charge < -0.3 is 19.3 Å². The van der Waals surface area contributed by atoms with Crippen molar-refractivity contribution >= 4 is 5.97 Å². The molecule has 124 valence electrons. The van der Waals surface area contributed by atoms with E-state index in [1.165, 1.54) is 7.11 Å². The summed E-state index contributed by atoms with van der Waals surface area (Å²) < 4.78 is 15.7. The van der Waals surface area contributed by atoms with E-state index in [-0.39, 0.29) is 0 Å². The standard InChI is InChI=1S/C18H22O5/c1-18(22-12-13-23-18)11-5-3-4-6-16(19)14-7-9-15(10-8-14)17(20)21-2/h7-10,16,19H,3,5,11-13H2,1-2H3. The van der Waals surface area contributed by atoms with Crippen LogP contribution in [0.25, 0.3) is 0 Å². The number of methoxy groups -OCH3 is 1. The topological polar surface area (TPSA) is 65.0 Å². The number of unbranched alkanes of at least 4 members (excludes halogenated alkanes) is 1. The van der Waals surface area contributed by atoms with Crippen molar-refractivity contribution < 1.29 is 24.1 Å². The molecule has 0 saturated carbocycles. The summed E-state index contributed by atoms with van der Waals surface area (Å²) in [5.74, 6) is 4.89. The molecular formula is C18H22O5. The van der Waals surface area contributed by atoms with Crippen molar-refractivity contribution in [1.29, 1.82) is 0 Å². The molecule has 1 heterocycles. The zero-order chi connectivity index (χ0) is 16.7. The lowest BCUT2D eigenvalue weighted by Gasteiger charge is -2.21. The van der Waals surface area contributed by atoms with Crippen LogP contribution in [0.2, 0.25) is 0 Å². The van der Waals surface area contributed by atoms with E-state index in [2.05, 4.69) is 16.6 Å². The average Bonchev–Trinajstić information content (AvgIpc) is 3.00. The molecule has 23 heavy (non-hydrogen) atoms. The molecule has 2 rings (SSSR count). The van der Waals surface area contributed by atoms with Crippen molar-refractivity contribution in [3.05, 3.63) is 35.4 Å². The Morgan fingerprint density at radius 3 is 2.61 bits per heavy atom. The summed E-state index contributed by atoms with van der Waals surface area (Å²) in [6, 6.07) is 6.57. The third-order valence-electron chi connectivity index (χ3n) is 3.72. The number of aliphatic hydroxyl groups is 1. The van der Waals surface area contributed by atoms with E-state index >= 15 is 0 Å². The van der Waals surface area contributed by atoms with Gasteiger partial charge in [-0.25, -0.2) is 4.79 Å². The second kappa shape index (κ2) is 8.11. The van der Waals surface area contributed by atoms with Crippen molar-refractivity contribution in [1.82, 2.24) is 0 Å². The van der Waals surface area contributed by atoms with Crippen LogP contribution in [0.5, 0.6) is 0 Å². The third-order valence-corrected chi connectivity index (χ3v) is 3.72. The Bertz CT molecular complexity index is 576. The van der Waals surface area contributed by atoms with E-state index in [1.54, 1.807) is 24.3 Å². The van der Waals surface area contributed by atoms with Gasteiger partial charge in [-0.1, -0.05) is 18.1 Å². The molecule has 1 unspecified atom stereocenters. The second-order valence-electron chi connectivity index (χ2n) is 5.52. The first-order valence-corrected chi connectivity index (χ1v) is 7.67. The molecule has 0 spiro atoms. The molecule has 0 radical (unpaired) electrons. The highest BCUT2D eigenvalue weighted by atomic mass is 16.7. The lowest BCUT2D eigenvalue weighted by atomic mass is 10.1. The molecule has 5 heteroatoms. The minimum atomic E-state index is -0.865. The Morgan fingerprint density at radius 2 is 2.00 bits per heavy atom. The van der Waals surface area contributed by atoms with Crippen LogP contribution in [0.4, 0.5) is 0 Å². The van der Waals surface area contributed by atoms with Gasteiger partial charge >= 0.3 is 5.97 Å². The molecule has 1 aromatic rings. The van der Waals surface area contributed by atoms with Crippen LogP contribution in [-0.2, 0) is 14.2 Å². The summed E-state index contributed by atoms with van der Waals surface area (Å²) in [6.45, 7) is 3.22. The first-order chi connectivity index (χ1) is 11.0. The van der Waals surface area contributed by atoms with Gasteiger partial charge in [0.2, 0.25) is 0 Å². The van der Waals surface area contributed by atoms with Crippen molar-refractivity contribution in [2.45, 2.75) is 38.1 Å². The highest BCUT2D eigenvalue weighted by molar-refractivity contribution is 5.89. The molecule has 5 nitrogen and oxygen atoms in total. The van der Waals surface area contributed by atoms with Crippen LogP contribution < -0.4 is 0 Å². The Kier molecular flexibility index (Phi) is 6.17. The molecule has 1 N–H and O–H groups in total. The lowest BCUT2D eigenvalue weighted by molar-refractivity contribution is -0.147. The number of rotatable bonds is 5. The largest absolute Gasteiger partial charge is 0.465 e. The van der Waals surface area contributed by atoms with Crippen molar-refractivity contribution in [3.8, 4) is 11.8 Å². The van der Waals surface area contributed by atoms with E-state index < -0.39 is 17.9 Å². The first-order valence-electron chi connectivity index (χ1n) is 7.67. The van der Waals surface area contributed by atoms with E-state index in [4.69, 9.17) is 9.47 Å². The molecule has 0 amide bonds. The van der Waals surface area contributed by atoms with E-state index in [1.807, 2.05) is 6.92 Å². The number of hydrogen-bond donors (Lipinski definition) is 1. The van der Waals surface area contributed by atoms with Crippen LogP contribution in [0.15, 0.2) is 24.3 Å². The van der Waals surface area contributed by atoms with E-state index in [0.29, 0.717) is 30.8 Å². The molecule has 1 saturated heterocycles. The van der Waals surface area contributed by atoms with Gasteiger partial charge in [0.15, 0.2) is 5.79 Å². The summed E-state index contributed by atoms with van der Waals surface area (Å²) in [5, 5.41) is 10.0. The van der Waals surface area contributed by atoms with Crippen LogP contribution in [-0.4, -0.2) is 37.2 Å². The van der Waals surface area contributed by atoms with Gasteiger partial charge in [-0.3, -0.25) is 0 Å². The predicted octanol–water partition coefficient (Wildman–Crippen LogP) is 2.44. The molecule has 1 aromatic carbocycles. The predicted molar refractivity (Wildman–Crippen MR) is 84.7 cm³/mol. The van der Waals surface area contributed by atoms with Crippen molar-refractivity contribution in [2.24, 2.45) is 0 Å². The molecular weight excluding hydrogens is 296 g/mol. The Morgan fingerprint density at radius 1 is 1.35 bits per heavy atom. The van der Waals surface area contributed by atoms with Gasteiger partial charge in [-0.05, 0) is 31.0 Å². The van der Waals surface area contributed by atoms with Gasteiger partial charge in [-0.15, -0.1) is 5.92 Å². The number of carbonyl (C=O) groups excluding carboxylic acids is 1. The Labute approximate surface area is 136 Å². The quantitative estimate of drug-likeness (QED) is 0.513. The van der Waals surface area contributed by atoms with Crippen LogP contribution in [0, 0.1) is 11.8 Å². The lowest BCUT2D eigenvalue weighted by Crippen LogP contribution is -2.24. The molecule has 0 aromatic heterocycles. The fourth-order valence-electron chi connectivity index (χ4n) is 2.37.